The summed E-state index contributed by atoms with van der Waals surface area (Å²) < 4.78 is 6.44. The summed E-state index contributed by atoms with van der Waals surface area (Å²) in [5.41, 5.74) is 5.90. The van der Waals surface area contributed by atoms with Crippen molar-refractivity contribution in [1.82, 2.24) is 4.98 Å². The second kappa shape index (κ2) is 5.04. The topological polar surface area (TPSA) is 77.2 Å². The van der Waals surface area contributed by atoms with E-state index < -0.39 is 5.54 Å². The smallest absolute Gasteiger partial charge is 0.245 e. The van der Waals surface area contributed by atoms with Gasteiger partial charge in [-0.05, 0) is 40.9 Å². The first kappa shape index (κ1) is 14.9. The van der Waals surface area contributed by atoms with Gasteiger partial charge in [-0.2, -0.15) is 0 Å². The second-order valence-electron chi connectivity index (χ2n) is 6.43. The number of nitrogens with two attached hydrogens (primary N) is 1. The molecule has 3 unspecified atom stereocenters. The lowest BCUT2D eigenvalue weighted by Gasteiger charge is -2.65. The van der Waals surface area contributed by atoms with Crippen molar-refractivity contribution in [2.45, 2.75) is 38.3 Å². The van der Waals surface area contributed by atoms with Gasteiger partial charge in [0.05, 0.1) is 11.8 Å². The van der Waals surface area contributed by atoms with Crippen molar-refractivity contribution in [3.8, 4) is 0 Å². The summed E-state index contributed by atoms with van der Waals surface area (Å²) >= 11 is 3.34. The first-order chi connectivity index (χ1) is 9.89. The molecule has 1 saturated carbocycles. The highest BCUT2D eigenvalue weighted by Crippen LogP contribution is 2.57. The Bertz CT molecular complexity index is 578. The van der Waals surface area contributed by atoms with Crippen molar-refractivity contribution in [2.75, 3.05) is 11.9 Å². The minimum absolute atomic E-state index is 0.0688. The fourth-order valence-electron chi connectivity index (χ4n) is 3.74. The molecule has 6 heteroatoms. The molecule has 1 aromatic heterocycles. The maximum Gasteiger partial charge on any atom is 0.245 e. The van der Waals surface area contributed by atoms with E-state index in [1.54, 1.807) is 18.3 Å². The molecule has 3 rings (SSSR count). The highest BCUT2D eigenvalue weighted by Gasteiger charge is 2.70. The van der Waals surface area contributed by atoms with E-state index in [1.807, 2.05) is 13.8 Å². The molecule has 5 nitrogen and oxygen atoms in total. The van der Waals surface area contributed by atoms with Gasteiger partial charge in [0.25, 0.3) is 0 Å². The number of carbonyl (C=O) groups is 1. The van der Waals surface area contributed by atoms with Crippen molar-refractivity contribution in [2.24, 2.45) is 17.1 Å². The van der Waals surface area contributed by atoms with Gasteiger partial charge in [0.1, 0.15) is 10.1 Å². The molecule has 21 heavy (non-hydrogen) atoms. The van der Waals surface area contributed by atoms with Crippen LogP contribution in [0.4, 0.5) is 5.69 Å². The van der Waals surface area contributed by atoms with Crippen LogP contribution in [0.1, 0.15) is 26.7 Å². The zero-order valence-electron chi connectivity index (χ0n) is 12.2. The lowest BCUT2D eigenvalue weighted by atomic mass is 9.46. The van der Waals surface area contributed by atoms with Crippen LogP contribution < -0.4 is 11.1 Å². The SMILES string of the molecule is CC1(C)C2OCCCC2C1(N)C(=O)Nc1cccnc1Br. The summed E-state index contributed by atoms with van der Waals surface area (Å²) in [5.74, 6) is -0.0790. The van der Waals surface area contributed by atoms with Gasteiger partial charge in [-0.1, -0.05) is 13.8 Å². The molecule has 3 N–H and O–H groups in total. The molecular formula is C15H20BrN3O2. The second-order valence-corrected chi connectivity index (χ2v) is 7.18. The molecule has 0 bridgehead atoms. The Kier molecular flexibility index (Phi) is 3.58. The van der Waals surface area contributed by atoms with Gasteiger partial charge < -0.3 is 15.8 Å². The molecule has 1 aliphatic carbocycles. The monoisotopic (exact) mass is 353 g/mol. The number of aromatic nitrogens is 1. The van der Waals surface area contributed by atoms with Crippen LogP contribution in [0.5, 0.6) is 0 Å². The highest BCUT2D eigenvalue weighted by atomic mass is 79.9. The maximum atomic E-state index is 12.8. The van der Waals surface area contributed by atoms with Gasteiger partial charge in [-0.3, -0.25) is 4.79 Å². The lowest BCUT2D eigenvalue weighted by molar-refractivity contribution is -0.222. The van der Waals surface area contributed by atoms with Crippen molar-refractivity contribution in [1.29, 1.82) is 0 Å². The Morgan fingerprint density at radius 3 is 3.05 bits per heavy atom. The minimum atomic E-state index is -0.909. The summed E-state index contributed by atoms with van der Waals surface area (Å²) in [6.45, 7) is 4.78. The summed E-state index contributed by atoms with van der Waals surface area (Å²) in [6, 6.07) is 3.58. The first-order valence-corrected chi connectivity index (χ1v) is 8.01. The van der Waals surface area contributed by atoms with Gasteiger partial charge in [0.15, 0.2) is 0 Å². The number of rotatable bonds is 2. The van der Waals surface area contributed by atoms with E-state index in [0.29, 0.717) is 10.3 Å². The molecule has 0 aromatic carbocycles. The van der Waals surface area contributed by atoms with Crippen LogP contribution in [0, 0.1) is 11.3 Å². The molecule has 2 fully saturated rings. The highest BCUT2D eigenvalue weighted by molar-refractivity contribution is 9.10. The standard InChI is InChI=1S/C15H20BrN3O2/c1-14(2)11-9(5-4-8-21-11)15(14,17)13(20)19-10-6-3-7-18-12(10)16/h3,6-7,9,11H,4-5,8,17H2,1-2H3,(H,19,20). The van der Waals surface area contributed by atoms with Gasteiger partial charge in [-0.25, -0.2) is 4.98 Å². The predicted octanol–water partition coefficient (Wildman–Crippen LogP) is 2.32. The zero-order valence-corrected chi connectivity index (χ0v) is 13.8. The minimum Gasteiger partial charge on any atom is -0.377 e. The van der Waals surface area contributed by atoms with Crippen LogP contribution in [0.25, 0.3) is 0 Å². The van der Waals surface area contributed by atoms with E-state index in [1.165, 1.54) is 0 Å². The third-order valence-electron chi connectivity index (χ3n) is 5.07. The number of amides is 1. The van der Waals surface area contributed by atoms with Crippen LogP contribution in [-0.2, 0) is 9.53 Å². The Morgan fingerprint density at radius 2 is 2.33 bits per heavy atom. The largest absolute Gasteiger partial charge is 0.377 e. The van der Waals surface area contributed by atoms with Crippen molar-refractivity contribution >= 4 is 27.5 Å². The number of ether oxygens (including phenoxy) is 1. The van der Waals surface area contributed by atoms with Gasteiger partial charge in [0, 0.05) is 24.1 Å². The average Bonchev–Trinajstić information content (AvgIpc) is 2.48. The summed E-state index contributed by atoms with van der Waals surface area (Å²) in [5, 5.41) is 2.91. The van der Waals surface area contributed by atoms with Gasteiger partial charge >= 0.3 is 0 Å². The van der Waals surface area contributed by atoms with Crippen molar-refractivity contribution in [3.05, 3.63) is 22.9 Å². The fourth-order valence-corrected chi connectivity index (χ4v) is 4.09. The van der Waals surface area contributed by atoms with Crippen molar-refractivity contribution < 1.29 is 9.53 Å². The molecule has 2 heterocycles. The number of hydrogen-bond donors (Lipinski definition) is 2. The van der Waals surface area contributed by atoms with Crippen LogP contribution in [0.15, 0.2) is 22.9 Å². The van der Waals surface area contributed by atoms with Crippen LogP contribution in [0.2, 0.25) is 0 Å². The molecule has 0 spiro atoms. The number of nitrogens with one attached hydrogen (secondary N) is 1. The molecule has 1 aliphatic heterocycles. The summed E-state index contributed by atoms with van der Waals surface area (Å²) in [4.78, 5) is 16.9. The van der Waals surface area contributed by atoms with Crippen LogP contribution in [-0.4, -0.2) is 29.1 Å². The molecule has 1 saturated heterocycles. The van der Waals surface area contributed by atoms with Crippen LogP contribution >= 0.6 is 15.9 Å². The molecule has 3 atom stereocenters. The molecule has 1 aromatic rings. The molecule has 0 radical (unpaired) electrons. The average molecular weight is 354 g/mol. The van der Waals surface area contributed by atoms with Gasteiger partial charge in [0.2, 0.25) is 5.91 Å². The van der Waals surface area contributed by atoms with Gasteiger partial charge in [-0.15, -0.1) is 0 Å². The Labute approximate surface area is 132 Å². The predicted molar refractivity (Wildman–Crippen MR) is 83.7 cm³/mol. The first-order valence-electron chi connectivity index (χ1n) is 7.21. The number of hydrogen-bond acceptors (Lipinski definition) is 4. The number of pyridine rings is 1. The van der Waals surface area contributed by atoms with E-state index in [2.05, 4.69) is 26.2 Å². The molecular weight excluding hydrogens is 334 g/mol. The third kappa shape index (κ3) is 2.04. The third-order valence-corrected chi connectivity index (χ3v) is 5.70. The number of fused-ring (bicyclic) bond motifs is 1. The van der Waals surface area contributed by atoms with E-state index in [-0.39, 0.29) is 23.3 Å². The van der Waals surface area contributed by atoms with Crippen LogP contribution in [0.3, 0.4) is 0 Å². The number of anilines is 1. The Morgan fingerprint density at radius 1 is 1.57 bits per heavy atom. The molecule has 2 aliphatic rings. The number of nitrogens with zero attached hydrogens (tertiary/aromatic N) is 1. The molecule has 1 amide bonds. The maximum absolute atomic E-state index is 12.8. The Balaban J connectivity index is 1.85. The van der Waals surface area contributed by atoms with Crippen molar-refractivity contribution in [3.63, 3.8) is 0 Å². The van der Waals surface area contributed by atoms with E-state index in [0.717, 1.165) is 19.4 Å². The number of carbonyl (C=O) groups excluding carboxylic acids is 1. The van der Waals surface area contributed by atoms with E-state index in [9.17, 15) is 4.79 Å². The van der Waals surface area contributed by atoms with E-state index in [4.69, 9.17) is 10.5 Å². The summed E-state index contributed by atoms with van der Waals surface area (Å²) in [7, 11) is 0. The summed E-state index contributed by atoms with van der Waals surface area (Å²) in [6.07, 6.45) is 3.63. The quantitative estimate of drug-likeness (QED) is 0.799. The Hall–Kier alpha value is -0.980. The lowest BCUT2D eigenvalue weighted by Crippen LogP contribution is -2.81. The normalized spacial score (nSPS) is 33.7. The van der Waals surface area contributed by atoms with E-state index >= 15 is 0 Å². The number of halogens is 1. The fraction of sp³-hybridized carbons (Fsp3) is 0.600. The zero-order chi connectivity index (χ0) is 15.3. The molecule has 114 valence electrons.